The summed E-state index contributed by atoms with van der Waals surface area (Å²) in [5, 5.41) is 5.99. The van der Waals surface area contributed by atoms with E-state index in [2.05, 4.69) is 39.6 Å². The fourth-order valence-electron chi connectivity index (χ4n) is 3.53. The lowest BCUT2D eigenvalue weighted by atomic mass is 9.70. The van der Waals surface area contributed by atoms with Gasteiger partial charge in [0.25, 0.3) is 0 Å². The molecule has 1 aromatic rings. The maximum absolute atomic E-state index is 6.07. The lowest BCUT2D eigenvalue weighted by molar-refractivity contribution is -0.147. The van der Waals surface area contributed by atoms with Gasteiger partial charge in [0.2, 0.25) is 0 Å². The van der Waals surface area contributed by atoms with E-state index in [4.69, 9.17) is 4.74 Å². The number of hydrogen-bond acceptors (Lipinski definition) is 3. The Labute approximate surface area is 128 Å². The van der Waals surface area contributed by atoms with Crippen LogP contribution in [0.15, 0.2) is 15.2 Å². The second-order valence-electron chi connectivity index (χ2n) is 5.86. The van der Waals surface area contributed by atoms with E-state index in [-0.39, 0.29) is 5.60 Å². The predicted octanol–water partition coefficient (Wildman–Crippen LogP) is 4.51. The largest absolute Gasteiger partial charge is 0.375 e. The number of rotatable bonds is 4. The quantitative estimate of drug-likeness (QED) is 0.868. The number of halogens is 1. The van der Waals surface area contributed by atoms with E-state index in [1.807, 2.05) is 0 Å². The van der Waals surface area contributed by atoms with Gasteiger partial charge in [-0.05, 0) is 77.5 Å². The zero-order chi connectivity index (χ0) is 13.3. The number of ether oxygens (including phenoxy) is 1. The highest BCUT2D eigenvalue weighted by Gasteiger charge is 2.44. The maximum Gasteiger partial charge on any atom is 0.0701 e. The highest BCUT2D eigenvalue weighted by Crippen LogP contribution is 2.47. The summed E-state index contributed by atoms with van der Waals surface area (Å²) in [6.45, 7) is 4.17. The van der Waals surface area contributed by atoms with Crippen LogP contribution in [0.4, 0.5) is 0 Å². The molecule has 2 heterocycles. The molecule has 2 nitrogen and oxygen atoms in total. The van der Waals surface area contributed by atoms with Crippen molar-refractivity contribution in [3.63, 3.8) is 0 Å². The van der Waals surface area contributed by atoms with Gasteiger partial charge in [-0.3, -0.25) is 0 Å². The smallest absolute Gasteiger partial charge is 0.0701 e. The zero-order valence-electron chi connectivity index (χ0n) is 11.5. The van der Waals surface area contributed by atoms with Crippen LogP contribution in [0, 0.1) is 5.92 Å². The van der Waals surface area contributed by atoms with Crippen molar-refractivity contribution in [3.05, 3.63) is 20.8 Å². The summed E-state index contributed by atoms with van der Waals surface area (Å²) >= 11 is 5.38. The summed E-state index contributed by atoms with van der Waals surface area (Å²) in [4.78, 5) is 0. The molecular formula is C15H22BrNOS. The van der Waals surface area contributed by atoms with E-state index in [1.165, 1.54) is 41.5 Å². The van der Waals surface area contributed by atoms with Crippen LogP contribution < -0.4 is 5.32 Å². The van der Waals surface area contributed by atoms with Crippen molar-refractivity contribution in [1.29, 1.82) is 0 Å². The van der Waals surface area contributed by atoms with Crippen LogP contribution in [0.5, 0.6) is 0 Å². The van der Waals surface area contributed by atoms with Crippen LogP contribution in [-0.4, -0.2) is 18.8 Å². The highest BCUT2D eigenvalue weighted by molar-refractivity contribution is 9.11. The van der Waals surface area contributed by atoms with Crippen LogP contribution in [-0.2, 0) is 4.74 Å². The highest BCUT2D eigenvalue weighted by atomic mass is 79.9. The Kier molecular flexibility index (Phi) is 4.32. The molecule has 106 valence electrons. The van der Waals surface area contributed by atoms with Crippen molar-refractivity contribution < 1.29 is 4.74 Å². The SMILES string of the molecule is CCNC(c1csc(Br)c1)C1CCOC2(CCC2)C1. The first-order valence-electron chi connectivity index (χ1n) is 7.34. The van der Waals surface area contributed by atoms with Crippen LogP contribution >= 0.6 is 27.3 Å². The second kappa shape index (κ2) is 5.84. The molecule has 0 amide bonds. The first kappa shape index (κ1) is 14.1. The molecular weight excluding hydrogens is 322 g/mol. The molecule has 1 aromatic heterocycles. The molecule has 0 radical (unpaired) electrons. The molecule has 0 aromatic carbocycles. The lowest BCUT2D eigenvalue weighted by Crippen LogP contribution is -2.48. The molecule has 2 unspecified atom stereocenters. The fourth-order valence-corrected chi connectivity index (χ4v) is 4.74. The predicted molar refractivity (Wildman–Crippen MR) is 83.7 cm³/mol. The molecule has 2 atom stereocenters. The summed E-state index contributed by atoms with van der Waals surface area (Å²) in [6.07, 6.45) is 6.32. The van der Waals surface area contributed by atoms with Crippen LogP contribution in [0.3, 0.4) is 0 Å². The normalized spacial score (nSPS) is 27.2. The van der Waals surface area contributed by atoms with Crippen molar-refractivity contribution in [1.82, 2.24) is 5.32 Å². The molecule has 1 aliphatic carbocycles. The van der Waals surface area contributed by atoms with E-state index in [0.29, 0.717) is 6.04 Å². The van der Waals surface area contributed by atoms with Gasteiger partial charge in [0.05, 0.1) is 9.39 Å². The monoisotopic (exact) mass is 343 g/mol. The van der Waals surface area contributed by atoms with Gasteiger partial charge >= 0.3 is 0 Å². The van der Waals surface area contributed by atoms with E-state index >= 15 is 0 Å². The Balaban J connectivity index is 1.75. The summed E-state index contributed by atoms with van der Waals surface area (Å²) in [7, 11) is 0. The van der Waals surface area contributed by atoms with Crippen LogP contribution in [0.2, 0.25) is 0 Å². The van der Waals surface area contributed by atoms with Gasteiger partial charge in [0.1, 0.15) is 0 Å². The fraction of sp³-hybridized carbons (Fsp3) is 0.733. The zero-order valence-corrected chi connectivity index (χ0v) is 13.9. The maximum atomic E-state index is 6.07. The van der Waals surface area contributed by atoms with E-state index in [1.54, 1.807) is 11.3 Å². The van der Waals surface area contributed by atoms with Crippen molar-refractivity contribution in [2.75, 3.05) is 13.2 Å². The number of nitrogens with one attached hydrogen (secondary N) is 1. The Morgan fingerprint density at radius 2 is 2.42 bits per heavy atom. The molecule has 19 heavy (non-hydrogen) atoms. The van der Waals surface area contributed by atoms with Gasteiger partial charge in [-0.25, -0.2) is 0 Å². The van der Waals surface area contributed by atoms with Gasteiger partial charge in [0, 0.05) is 12.6 Å². The number of hydrogen-bond donors (Lipinski definition) is 1. The Bertz CT molecular complexity index is 430. The summed E-state index contributed by atoms with van der Waals surface area (Å²) in [5.41, 5.74) is 1.68. The topological polar surface area (TPSA) is 21.3 Å². The first-order valence-corrected chi connectivity index (χ1v) is 9.01. The van der Waals surface area contributed by atoms with Gasteiger partial charge in [0.15, 0.2) is 0 Å². The first-order chi connectivity index (χ1) is 9.22. The summed E-state index contributed by atoms with van der Waals surface area (Å²) < 4.78 is 7.30. The standard InChI is InChI=1S/C15H22BrNOS/c1-2-17-14(12-8-13(16)19-10-12)11-4-7-18-15(9-11)5-3-6-15/h8,10-11,14,17H,2-7,9H2,1H3. The van der Waals surface area contributed by atoms with Gasteiger partial charge < -0.3 is 10.1 Å². The van der Waals surface area contributed by atoms with Crippen molar-refractivity contribution in [2.24, 2.45) is 5.92 Å². The lowest BCUT2D eigenvalue weighted by Gasteiger charge is -2.48. The second-order valence-corrected chi connectivity index (χ2v) is 8.15. The Morgan fingerprint density at radius 3 is 3.00 bits per heavy atom. The molecule has 1 spiro atoms. The molecule has 1 saturated heterocycles. The van der Waals surface area contributed by atoms with Crippen LogP contribution in [0.25, 0.3) is 0 Å². The minimum absolute atomic E-state index is 0.240. The van der Waals surface area contributed by atoms with Gasteiger partial charge in [-0.2, -0.15) is 0 Å². The minimum Gasteiger partial charge on any atom is -0.375 e. The van der Waals surface area contributed by atoms with E-state index in [9.17, 15) is 0 Å². The minimum atomic E-state index is 0.240. The van der Waals surface area contributed by atoms with Crippen molar-refractivity contribution in [3.8, 4) is 0 Å². The molecule has 0 bridgehead atoms. The average Bonchev–Trinajstić information content (AvgIpc) is 2.80. The molecule has 3 rings (SSSR count). The summed E-state index contributed by atoms with van der Waals surface area (Å²) in [5.74, 6) is 0.718. The Hall–Kier alpha value is 0.1000. The molecule has 2 aliphatic rings. The van der Waals surface area contributed by atoms with Gasteiger partial charge in [-0.15, -0.1) is 11.3 Å². The third-order valence-electron chi connectivity index (χ3n) is 4.64. The third kappa shape index (κ3) is 2.92. The third-order valence-corrected chi connectivity index (χ3v) is 6.16. The van der Waals surface area contributed by atoms with Crippen molar-refractivity contribution in [2.45, 2.75) is 50.7 Å². The summed E-state index contributed by atoms with van der Waals surface area (Å²) in [6, 6.07) is 2.77. The van der Waals surface area contributed by atoms with Crippen molar-refractivity contribution >= 4 is 27.3 Å². The average molecular weight is 344 g/mol. The molecule has 1 aliphatic heterocycles. The Morgan fingerprint density at radius 1 is 1.58 bits per heavy atom. The van der Waals surface area contributed by atoms with E-state index in [0.717, 1.165) is 19.1 Å². The molecule has 1 N–H and O–H groups in total. The van der Waals surface area contributed by atoms with Gasteiger partial charge in [-0.1, -0.05) is 6.92 Å². The molecule has 1 saturated carbocycles. The number of thiophene rings is 1. The molecule has 4 heteroatoms. The van der Waals surface area contributed by atoms with Crippen LogP contribution in [0.1, 0.15) is 50.6 Å². The van der Waals surface area contributed by atoms with E-state index < -0.39 is 0 Å². The molecule has 2 fully saturated rings.